The molecule has 0 aromatic carbocycles. The Balaban J connectivity index is 1.72. The molecule has 2 rings (SSSR count). The summed E-state index contributed by atoms with van der Waals surface area (Å²) < 4.78 is 8.01. The van der Waals surface area contributed by atoms with Crippen molar-refractivity contribution in [1.82, 2.24) is 25.4 Å². The third-order valence-corrected chi connectivity index (χ3v) is 4.31. The lowest BCUT2D eigenvalue weighted by Crippen LogP contribution is -2.39. The Morgan fingerprint density at radius 1 is 1.25 bits per heavy atom. The molecule has 0 radical (unpaired) electrons. The van der Waals surface area contributed by atoms with Crippen LogP contribution in [0.5, 0.6) is 0 Å². The van der Waals surface area contributed by atoms with Gasteiger partial charge in [0.05, 0.1) is 12.7 Å². The molecular formula is C17H32N6O. The highest BCUT2D eigenvalue weighted by Crippen LogP contribution is 2.19. The van der Waals surface area contributed by atoms with Gasteiger partial charge >= 0.3 is 0 Å². The van der Waals surface area contributed by atoms with Crippen molar-refractivity contribution in [2.45, 2.75) is 71.6 Å². The topological polar surface area (TPSA) is 76.4 Å². The van der Waals surface area contributed by atoms with E-state index in [1.807, 2.05) is 4.57 Å². The minimum atomic E-state index is 0.442. The van der Waals surface area contributed by atoms with E-state index in [1.165, 1.54) is 38.5 Å². The van der Waals surface area contributed by atoms with Crippen LogP contribution in [-0.2, 0) is 17.8 Å². The predicted molar refractivity (Wildman–Crippen MR) is 96.0 cm³/mol. The summed E-state index contributed by atoms with van der Waals surface area (Å²) in [7, 11) is 0. The molecule has 0 atom stereocenters. The van der Waals surface area contributed by atoms with Crippen LogP contribution in [0.1, 0.15) is 58.2 Å². The lowest BCUT2D eigenvalue weighted by Gasteiger charge is -2.16. The molecule has 1 aliphatic rings. The number of hydrogen-bond donors (Lipinski definition) is 2. The van der Waals surface area contributed by atoms with E-state index in [9.17, 15) is 0 Å². The van der Waals surface area contributed by atoms with Gasteiger partial charge in [-0.15, -0.1) is 10.2 Å². The Kier molecular flexibility index (Phi) is 8.59. The third kappa shape index (κ3) is 6.47. The Morgan fingerprint density at radius 2 is 2.04 bits per heavy atom. The lowest BCUT2D eigenvalue weighted by molar-refractivity contribution is 0.0468. The van der Waals surface area contributed by atoms with Gasteiger partial charge in [-0.25, -0.2) is 4.99 Å². The van der Waals surface area contributed by atoms with E-state index in [-0.39, 0.29) is 0 Å². The molecule has 7 heteroatoms. The van der Waals surface area contributed by atoms with Crippen molar-refractivity contribution in [2.24, 2.45) is 4.99 Å². The Bertz CT molecular complexity index is 479. The van der Waals surface area contributed by atoms with Gasteiger partial charge < -0.3 is 19.9 Å². The van der Waals surface area contributed by atoms with E-state index in [2.05, 4.69) is 39.7 Å². The molecule has 0 spiro atoms. The van der Waals surface area contributed by atoms with Gasteiger partial charge in [-0.05, 0) is 26.7 Å². The van der Waals surface area contributed by atoms with Gasteiger partial charge in [0.1, 0.15) is 12.9 Å². The van der Waals surface area contributed by atoms with Crippen LogP contribution in [0, 0.1) is 0 Å². The Hall–Kier alpha value is -1.63. The zero-order valence-electron chi connectivity index (χ0n) is 15.1. The summed E-state index contributed by atoms with van der Waals surface area (Å²) in [5.41, 5.74) is 0. The monoisotopic (exact) mass is 336 g/mol. The molecule has 136 valence electrons. The fourth-order valence-corrected chi connectivity index (χ4v) is 2.96. The highest BCUT2D eigenvalue weighted by Gasteiger charge is 2.12. The van der Waals surface area contributed by atoms with E-state index >= 15 is 0 Å². The fraction of sp³-hybridized carbons (Fsp3) is 0.824. The SMILES string of the molecule is CCNC(=NCc1nncn1CC)NCCOC1CCCCCC1. The second-order valence-electron chi connectivity index (χ2n) is 6.14. The highest BCUT2D eigenvalue weighted by molar-refractivity contribution is 5.79. The molecule has 0 bridgehead atoms. The molecule has 1 fully saturated rings. The van der Waals surface area contributed by atoms with Crippen molar-refractivity contribution in [1.29, 1.82) is 0 Å². The van der Waals surface area contributed by atoms with Crippen LogP contribution in [-0.4, -0.2) is 46.5 Å². The molecule has 1 aliphatic carbocycles. The summed E-state index contributed by atoms with van der Waals surface area (Å²) >= 11 is 0. The Labute approximate surface area is 145 Å². The standard InChI is InChI=1S/C17H32N6O/c1-3-18-17(20-13-16-22-21-14-23(16)4-2)19-11-12-24-15-9-7-5-6-8-10-15/h14-15H,3-13H2,1-2H3,(H2,18,19,20). The van der Waals surface area contributed by atoms with E-state index in [0.29, 0.717) is 12.6 Å². The maximum absolute atomic E-state index is 6.01. The highest BCUT2D eigenvalue weighted by atomic mass is 16.5. The summed E-state index contributed by atoms with van der Waals surface area (Å²) in [6.07, 6.45) is 9.93. The van der Waals surface area contributed by atoms with Crippen LogP contribution in [0.3, 0.4) is 0 Å². The van der Waals surface area contributed by atoms with Gasteiger partial charge in [0.2, 0.25) is 0 Å². The molecule has 0 aliphatic heterocycles. The summed E-state index contributed by atoms with van der Waals surface area (Å²) in [4.78, 5) is 4.58. The van der Waals surface area contributed by atoms with Crippen molar-refractivity contribution < 1.29 is 4.74 Å². The average Bonchev–Trinajstić information content (AvgIpc) is 2.90. The minimum absolute atomic E-state index is 0.442. The minimum Gasteiger partial charge on any atom is -0.376 e. The summed E-state index contributed by atoms with van der Waals surface area (Å²) in [5.74, 6) is 1.68. The molecular weight excluding hydrogens is 304 g/mol. The van der Waals surface area contributed by atoms with Crippen LogP contribution in [0.15, 0.2) is 11.3 Å². The number of nitrogens with one attached hydrogen (secondary N) is 2. The van der Waals surface area contributed by atoms with Crippen molar-refractivity contribution in [3.63, 3.8) is 0 Å². The van der Waals surface area contributed by atoms with Gasteiger partial charge in [-0.1, -0.05) is 25.7 Å². The van der Waals surface area contributed by atoms with Gasteiger partial charge in [0.15, 0.2) is 11.8 Å². The molecule has 0 saturated heterocycles. The quantitative estimate of drug-likeness (QED) is 0.329. The number of aryl methyl sites for hydroxylation is 1. The van der Waals surface area contributed by atoms with Crippen molar-refractivity contribution in [3.05, 3.63) is 12.2 Å². The first-order chi connectivity index (χ1) is 11.8. The first-order valence-corrected chi connectivity index (χ1v) is 9.34. The van der Waals surface area contributed by atoms with Gasteiger partial charge in [0, 0.05) is 19.6 Å². The molecule has 1 saturated carbocycles. The zero-order chi connectivity index (χ0) is 17.0. The van der Waals surface area contributed by atoms with Crippen LogP contribution in [0.25, 0.3) is 0 Å². The van der Waals surface area contributed by atoms with Crippen molar-refractivity contribution >= 4 is 5.96 Å². The maximum atomic E-state index is 6.01. The van der Waals surface area contributed by atoms with Gasteiger partial charge in [-0.2, -0.15) is 0 Å². The molecule has 1 aromatic heterocycles. The van der Waals surface area contributed by atoms with E-state index in [4.69, 9.17) is 4.74 Å². The van der Waals surface area contributed by atoms with Gasteiger partial charge in [-0.3, -0.25) is 0 Å². The second-order valence-corrected chi connectivity index (χ2v) is 6.14. The van der Waals surface area contributed by atoms with Crippen LogP contribution in [0.2, 0.25) is 0 Å². The van der Waals surface area contributed by atoms with E-state index in [1.54, 1.807) is 6.33 Å². The summed E-state index contributed by atoms with van der Waals surface area (Å²) in [6.45, 7) is 7.83. The number of guanidine groups is 1. The lowest BCUT2D eigenvalue weighted by atomic mass is 10.1. The Morgan fingerprint density at radius 3 is 2.75 bits per heavy atom. The van der Waals surface area contributed by atoms with Gasteiger partial charge in [0.25, 0.3) is 0 Å². The first kappa shape index (κ1) is 18.7. The van der Waals surface area contributed by atoms with Crippen LogP contribution < -0.4 is 10.6 Å². The fourth-order valence-electron chi connectivity index (χ4n) is 2.96. The molecule has 2 N–H and O–H groups in total. The number of nitrogens with zero attached hydrogens (tertiary/aromatic N) is 4. The second kappa shape index (κ2) is 11.0. The maximum Gasteiger partial charge on any atom is 0.191 e. The summed E-state index contributed by atoms with van der Waals surface area (Å²) in [6, 6.07) is 0. The van der Waals surface area contributed by atoms with Crippen molar-refractivity contribution in [2.75, 3.05) is 19.7 Å². The molecule has 24 heavy (non-hydrogen) atoms. The smallest absolute Gasteiger partial charge is 0.191 e. The molecule has 1 aromatic rings. The third-order valence-electron chi connectivity index (χ3n) is 4.31. The molecule has 7 nitrogen and oxygen atoms in total. The number of ether oxygens (including phenoxy) is 1. The molecule has 0 unspecified atom stereocenters. The largest absolute Gasteiger partial charge is 0.376 e. The molecule has 0 amide bonds. The number of rotatable bonds is 8. The normalized spacial score (nSPS) is 16.8. The van der Waals surface area contributed by atoms with Crippen molar-refractivity contribution in [3.8, 4) is 0 Å². The van der Waals surface area contributed by atoms with E-state index < -0.39 is 0 Å². The predicted octanol–water partition coefficient (Wildman–Crippen LogP) is 2.09. The molecule has 1 heterocycles. The average molecular weight is 336 g/mol. The summed E-state index contributed by atoms with van der Waals surface area (Å²) in [5, 5.41) is 14.6. The number of aliphatic imine (C=N–C) groups is 1. The number of hydrogen-bond acceptors (Lipinski definition) is 4. The zero-order valence-corrected chi connectivity index (χ0v) is 15.1. The van der Waals surface area contributed by atoms with Crippen LogP contribution in [0.4, 0.5) is 0 Å². The first-order valence-electron chi connectivity index (χ1n) is 9.34. The number of aromatic nitrogens is 3. The van der Waals surface area contributed by atoms with Crippen LogP contribution >= 0.6 is 0 Å². The van der Waals surface area contributed by atoms with E-state index in [0.717, 1.165) is 38.0 Å².